The fourth-order valence-electron chi connectivity index (χ4n) is 2.76. The predicted molar refractivity (Wildman–Crippen MR) is 99.3 cm³/mol. The number of hydrogen-bond acceptors (Lipinski definition) is 4. The third-order valence-electron chi connectivity index (χ3n) is 4.17. The molecule has 0 aliphatic carbocycles. The molecule has 0 spiro atoms. The summed E-state index contributed by atoms with van der Waals surface area (Å²) in [6.07, 6.45) is 7.94. The van der Waals surface area contributed by atoms with Crippen molar-refractivity contribution in [2.24, 2.45) is 0 Å². The van der Waals surface area contributed by atoms with Gasteiger partial charge in [-0.2, -0.15) is 8.42 Å². The van der Waals surface area contributed by atoms with Crippen LogP contribution in [0.25, 0.3) is 0 Å². The Morgan fingerprint density at radius 3 is 2.33 bits per heavy atom. The SMILES string of the molecule is CCCCCCCCc1ccc([O-])c(Oc2ccccc2S(=O)(=O)O)c1.[K+]. The zero-order chi connectivity index (χ0) is 19.0. The quantitative estimate of drug-likeness (QED) is 0.362. The molecule has 7 heteroatoms. The van der Waals surface area contributed by atoms with Crippen molar-refractivity contribution < 1.29 is 74.2 Å². The van der Waals surface area contributed by atoms with Crippen molar-refractivity contribution in [1.82, 2.24) is 0 Å². The van der Waals surface area contributed by atoms with E-state index < -0.39 is 10.1 Å². The van der Waals surface area contributed by atoms with Crippen LogP contribution in [0, 0.1) is 0 Å². The van der Waals surface area contributed by atoms with Crippen LogP contribution in [0.1, 0.15) is 51.0 Å². The van der Waals surface area contributed by atoms with E-state index in [0.29, 0.717) is 0 Å². The molecule has 2 aromatic carbocycles. The third kappa shape index (κ3) is 8.23. The molecule has 2 aromatic rings. The molecule has 0 atom stereocenters. The second kappa shape index (κ2) is 12.2. The number of ether oxygens (including phenoxy) is 1. The maximum Gasteiger partial charge on any atom is 1.00 e. The van der Waals surface area contributed by atoms with E-state index in [1.807, 2.05) is 0 Å². The van der Waals surface area contributed by atoms with Crippen LogP contribution >= 0.6 is 0 Å². The van der Waals surface area contributed by atoms with Crippen LogP contribution < -0.4 is 61.2 Å². The number of unbranched alkanes of at least 4 members (excludes halogenated alkanes) is 5. The number of aryl methyl sites for hydroxylation is 1. The van der Waals surface area contributed by atoms with Crippen LogP contribution in [0.5, 0.6) is 17.2 Å². The van der Waals surface area contributed by atoms with E-state index in [-0.39, 0.29) is 73.5 Å². The Balaban J connectivity index is 0.00000364. The summed E-state index contributed by atoms with van der Waals surface area (Å²) in [5.41, 5.74) is 0.972. The predicted octanol–water partition coefficient (Wildman–Crippen LogP) is 1.71. The summed E-state index contributed by atoms with van der Waals surface area (Å²) in [5, 5.41) is 12.0. The monoisotopic (exact) mass is 416 g/mol. The Kier molecular flexibility index (Phi) is 11.1. The maximum absolute atomic E-state index is 12.0. The Morgan fingerprint density at radius 2 is 1.63 bits per heavy atom. The fraction of sp³-hybridized carbons (Fsp3) is 0.400. The summed E-state index contributed by atoms with van der Waals surface area (Å²) in [7, 11) is -4.43. The van der Waals surface area contributed by atoms with Crippen LogP contribution in [-0.2, 0) is 16.5 Å². The first-order valence-corrected chi connectivity index (χ1v) is 10.4. The number of benzene rings is 2. The van der Waals surface area contributed by atoms with Crippen molar-refractivity contribution in [2.75, 3.05) is 0 Å². The zero-order valence-electron chi connectivity index (χ0n) is 16.0. The smallest absolute Gasteiger partial charge is 0.870 e. The van der Waals surface area contributed by atoms with E-state index in [1.165, 1.54) is 49.9 Å². The van der Waals surface area contributed by atoms with Gasteiger partial charge in [-0.05, 0) is 36.6 Å². The van der Waals surface area contributed by atoms with Gasteiger partial charge in [0.15, 0.2) is 0 Å². The Labute approximate surface area is 204 Å². The maximum atomic E-state index is 12.0. The van der Waals surface area contributed by atoms with Crippen molar-refractivity contribution in [2.45, 2.75) is 56.8 Å². The van der Waals surface area contributed by atoms with Crippen molar-refractivity contribution >= 4 is 10.1 Å². The summed E-state index contributed by atoms with van der Waals surface area (Å²) in [6, 6.07) is 10.5. The van der Waals surface area contributed by atoms with E-state index in [9.17, 15) is 18.1 Å². The average molecular weight is 417 g/mol. The van der Waals surface area contributed by atoms with Crippen LogP contribution in [0.2, 0.25) is 0 Å². The van der Waals surface area contributed by atoms with Gasteiger partial charge in [0, 0.05) is 0 Å². The molecule has 0 radical (unpaired) electrons. The van der Waals surface area contributed by atoms with Crippen molar-refractivity contribution in [3.8, 4) is 17.2 Å². The minimum absolute atomic E-state index is 0. The third-order valence-corrected chi connectivity index (χ3v) is 5.07. The topological polar surface area (TPSA) is 86.7 Å². The van der Waals surface area contributed by atoms with Crippen LogP contribution in [0.3, 0.4) is 0 Å². The molecule has 0 heterocycles. The van der Waals surface area contributed by atoms with Crippen molar-refractivity contribution in [1.29, 1.82) is 0 Å². The number of hydrogen-bond donors (Lipinski definition) is 1. The molecule has 0 saturated heterocycles. The Hall–Kier alpha value is -0.414. The van der Waals surface area contributed by atoms with Crippen molar-refractivity contribution in [3.05, 3.63) is 48.0 Å². The van der Waals surface area contributed by atoms with Gasteiger partial charge in [0.2, 0.25) is 0 Å². The molecule has 142 valence electrons. The first-order chi connectivity index (χ1) is 12.4. The summed E-state index contributed by atoms with van der Waals surface area (Å²) in [5.74, 6) is -0.338. The molecule has 1 N–H and O–H groups in total. The molecular formula is C20H25KO5S. The zero-order valence-corrected chi connectivity index (χ0v) is 19.9. The minimum atomic E-state index is -4.43. The molecule has 0 fully saturated rings. The van der Waals surface area contributed by atoms with Gasteiger partial charge in [-0.3, -0.25) is 4.55 Å². The molecule has 2 rings (SSSR count). The second-order valence-electron chi connectivity index (χ2n) is 6.32. The van der Waals surface area contributed by atoms with Crippen LogP contribution in [0.15, 0.2) is 47.4 Å². The molecular weight excluding hydrogens is 391 g/mol. The van der Waals surface area contributed by atoms with Gasteiger partial charge in [0.25, 0.3) is 10.1 Å². The van der Waals surface area contributed by atoms with Gasteiger partial charge in [0.1, 0.15) is 16.4 Å². The first kappa shape index (κ1) is 24.6. The molecule has 5 nitrogen and oxygen atoms in total. The largest absolute Gasteiger partial charge is 1.00 e. The number of rotatable bonds is 10. The fourth-order valence-corrected chi connectivity index (χ4v) is 3.38. The average Bonchev–Trinajstić information content (AvgIpc) is 2.60. The van der Waals surface area contributed by atoms with E-state index in [4.69, 9.17) is 4.74 Å². The molecule has 27 heavy (non-hydrogen) atoms. The van der Waals surface area contributed by atoms with E-state index in [0.717, 1.165) is 24.8 Å². The van der Waals surface area contributed by atoms with Crippen molar-refractivity contribution in [3.63, 3.8) is 0 Å². The summed E-state index contributed by atoms with van der Waals surface area (Å²) >= 11 is 0. The van der Waals surface area contributed by atoms with Gasteiger partial charge >= 0.3 is 51.4 Å². The summed E-state index contributed by atoms with van der Waals surface area (Å²) in [6.45, 7) is 2.19. The molecule has 0 bridgehead atoms. The normalized spacial score (nSPS) is 11.0. The summed E-state index contributed by atoms with van der Waals surface area (Å²) < 4.78 is 37.7. The first-order valence-electron chi connectivity index (χ1n) is 8.96. The molecule has 0 saturated carbocycles. The summed E-state index contributed by atoms with van der Waals surface area (Å²) in [4.78, 5) is -0.360. The molecule has 0 aliphatic rings. The molecule has 0 aromatic heterocycles. The second-order valence-corrected chi connectivity index (χ2v) is 7.71. The van der Waals surface area contributed by atoms with Gasteiger partial charge in [0.05, 0.1) is 0 Å². The van der Waals surface area contributed by atoms with Crippen LogP contribution in [-0.4, -0.2) is 13.0 Å². The van der Waals surface area contributed by atoms with Gasteiger partial charge < -0.3 is 9.84 Å². The minimum Gasteiger partial charge on any atom is -0.870 e. The molecule has 0 amide bonds. The Bertz CT molecular complexity index is 821. The van der Waals surface area contributed by atoms with Gasteiger partial charge in [-0.25, -0.2) is 0 Å². The van der Waals surface area contributed by atoms with E-state index in [1.54, 1.807) is 18.2 Å². The number of para-hydroxylation sites is 1. The Morgan fingerprint density at radius 1 is 0.963 bits per heavy atom. The van der Waals surface area contributed by atoms with Gasteiger partial charge in [-0.1, -0.05) is 69.0 Å². The standard InChI is InChI=1S/C20H26O5S.K/c1-2-3-4-5-6-7-10-16-13-14-17(21)19(15-16)25-18-11-8-9-12-20(18)26(22,23)24;/h8-9,11-15,21H,2-7,10H2,1H3,(H,22,23,24);/q;+1/p-1. The van der Waals surface area contributed by atoms with E-state index in [2.05, 4.69) is 6.92 Å². The van der Waals surface area contributed by atoms with Crippen LogP contribution in [0.4, 0.5) is 0 Å². The molecule has 0 unspecified atom stereocenters. The van der Waals surface area contributed by atoms with E-state index >= 15 is 0 Å². The van der Waals surface area contributed by atoms with Gasteiger partial charge in [-0.15, -0.1) is 0 Å². The molecule has 0 aliphatic heterocycles.